The second-order valence-electron chi connectivity index (χ2n) is 8.58. The number of hydrogen-bond donors (Lipinski definition) is 3. The van der Waals surface area contributed by atoms with Crippen LogP contribution in [-0.2, 0) is 0 Å². The van der Waals surface area contributed by atoms with E-state index in [0.717, 1.165) is 18.4 Å². The summed E-state index contributed by atoms with van der Waals surface area (Å²) in [5, 5.41) is 6.93. The molecular formula is C31H63N3. The van der Waals surface area contributed by atoms with Crippen LogP contribution in [0.2, 0.25) is 0 Å². The highest BCUT2D eigenvalue weighted by molar-refractivity contribution is 5.20. The number of nitrogens with one attached hydrogen (secondary N) is 2. The standard InChI is InChI=1S/C15H25N.C11H21N.2C2H6.CH5N/c1-4-6-7-10-14(5-2)16-15-11-8-9-13(3)12-15;1-3-12-10(2)9-11-7-5-4-6-8-11;3*1-2/h4-7,10,13,15-16H,8-9,11-12H2,1-3H3;11-12H,2-9H2,1H3;2*1-2H3;2H2,1H3/b6-4-,10-7-,14-5?;;;;. The van der Waals surface area contributed by atoms with Crippen molar-refractivity contribution in [1.82, 2.24) is 10.6 Å². The summed E-state index contributed by atoms with van der Waals surface area (Å²) < 4.78 is 0. The highest BCUT2D eigenvalue weighted by Crippen LogP contribution is 2.27. The third-order valence-electron chi connectivity index (χ3n) is 5.88. The molecule has 0 heterocycles. The summed E-state index contributed by atoms with van der Waals surface area (Å²) in [5.41, 5.74) is 6.99. The predicted molar refractivity (Wildman–Crippen MR) is 159 cm³/mol. The average molecular weight is 478 g/mol. The fourth-order valence-electron chi connectivity index (χ4n) is 4.36. The molecule has 0 aromatic rings. The lowest BCUT2D eigenvalue weighted by Crippen LogP contribution is -2.32. The highest BCUT2D eigenvalue weighted by atomic mass is 14.9. The Labute approximate surface area is 215 Å². The quantitative estimate of drug-likeness (QED) is 0.306. The van der Waals surface area contributed by atoms with Gasteiger partial charge in [-0.3, -0.25) is 0 Å². The van der Waals surface area contributed by atoms with Gasteiger partial charge in [0.15, 0.2) is 0 Å². The number of rotatable bonds is 8. The molecule has 2 saturated carbocycles. The van der Waals surface area contributed by atoms with Crippen molar-refractivity contribution in [2.75, 3.05) is 13.6 Å². The van der Waals surface area contributed by atoms with E-state index in [1.165, 1.54) is 82.6 Å². The monoisotopic (exact) mass is 478 g/mol. The molecule has 4 N–H and O–H groups in total. The van der Waals surface area contributed by atoms with Gasteiger partial charge in [0.1, 0.15) is 0 Å². The smallest absolute Gasteiger partial charge is 0.0298 e. The molecule has 0 aliphatic heterocycles. The van der Waals surface area contributed by atoms with E-state index in [2.05, 4.69) is 68.0 Å². The van der Waals surface area contributed by atoms with Crippen molar-refractivity contribution in [2.24, 2.45) is 17.6 Å². The second kappa shape index (κ2) is 29.6. The van der Waals surface area contributed by atoms with Gasteiger partial charge in [-0.15, -0.1) is 0 Å². The van der Waals surface area contributed by atoms with Gasteiger partial charge in [-0.05, 0) is 65.0 Å². The van der Waals surface area contributed by atoms with E-state index in [4.69, 9.17) is 0 Å². The Morgan fingerprint density at radius 1 is 0.912 bits per heavy atom. The Morgan fingerprint density at radius 2 is 1.53 bits per heavy atom. The maximum atomic E-state index is 4.50. The summed E-state index contributed by atoms with van der Waals surface area (Å²) in [4.78, 5) is 0. The topological polar surface area (TPSA) is 50.1 Å². The zero-order valence-corrected chi connectivity index (χ0v) is 24.7. The molecule has 0 aromatic heterocycles. The number of nitrogens with two attached hydrogens (primary N) is 1. The van der Waals surface area contributed by atoms with Gasteiger partial charge in [0.05, 0.1) is 0 Å². The van der Waals surface area contributed by atoms with Crippen molar-refractivity contribution in [3.8, 4) is 0 Å². The van der Waals surface area contributed by atoms with Crippen LogP contribution in [0.4, 0.5) is 0 Å². The Hall–Kier alpha value is -1.48. The lowest BCUT2D eigenvalue weighted by molar-refractivity contribution is 0.317. The van der Waals surface area contributed by atoms with Crippen LogP contribution in [0.25, 0.3) is 0 Å². The summed E-state index contributed by atoms with van der Waals surface area (Å²) in [7, 11) is 1.50. The first-order valence-corrected chi connectivity index (χ1v) is 14.3. The Morgan fingerprint density at radius 3 is 2.03 bits per heavy atom. The summed E-state index contributed by atoms with van der Waals surface area (Å²) in [6, 6.07) is 0.671. The zero-order chi connectivity index (χ0) is 26.6. The first-order chi connectivity index (χ1) is 16.6. The molecule has 0 bridgehead atoms. The minimum atomic E-state index is 0.671. The minimum Gasteiger partial charge on any atom is -0.389 e. The van der Waals surface area contributed by atoms with Crippen LogP contribution in [0.1, 0.15) is 120 Å². The molecule has 3 nitrogen and oxygen atoms in total. The lowest BCUT2D eigenvalue weighted by Gasteiger charge is -2.28. The van der Waals surface area contributed by atoms with E-state index in [0.29, 0.717) is 6.04 Å². The molecular weight excluding hydrogens is 414 g/mol. The maximum absolute atomic E-state index is 4.50. The molecule has 3 heteroatoms. The van der Waals surface area contributed by atoms with Gasteiger partial charge in [0.25, 0.3) is 0 Å². The molecule has 0 amide bonds. The van der Waals surface area contributed by atoms with Crippen molar-refractivity contribution >= 4 is 0 Å². The van der Waals surface area contributed by atoms with Crippen molar-refractivity contribution in [1.29, 1.82) is 0 Å². The summed E-state index contributed by atoms with van der Waals surface area (Å²) in [6.45, 7) is 21.7. The van der Waals surface area contributed by atoms with Crippen LogP contribution in [-0.4, -0.2) is 19.6 Å². The maximum Gasteiger partial charge on any atom is 0.0298 e. The fourth-order valence-corrected chi connectivity index (χ4v) is 4.36. The summed E-state index contributed by atoms with van der Waals surface area (Å²) in [5.74, 6) is 1.80. The Kier molecular flexibility index (Phi) is 32.2. The van der Waals surface area contributed by atoms with Gasteiger partial charge in [-0.1, -0.05) is 110 Å². The molecule has 2 atom stereocenters. The van der Waals surface area contributed by atoms with Crippen LogP contribution in [0.3, 0.4) is 0 Å². The van der Waals surface area contributed by atoms with Crippen LogP contribution >= 0.6 is 0 Å². The normalized spacial score (nSPS) is 20.4. The zero-order valence-electron chi connectivity index (χ0n) is 24.7. The molecule has 2 rings (SSSR count). The number of allylic oxidation sites excluding steroid dienone is 6. The van der Waals surface area contributed by atoms with Gasteiger partial charge >= 0.3 is 0 Å². The molecule has 0 radical (unpaired) electrons. The predicted octanol–water partition coefficient (Wildman–Crippen LogP) is 8.90. The van der Waals surface area contributed by atoms with Gasteiger partial charge < -0.3 is 16.4 Å². The average Bonchev–Trinajstić information content (AvgIpc) is 2.88. The molecule has 34 heavy (non-hydrogen) atoms. The van der Waals surface area contributed by atoms with Crippen molar-refractivity contribution in [2.45, 2.75) is 126 Å². The third-order valence-corrected chi connectivity index (χ3v) is 5.88. The van der Waals surface area contributed by atoms with E-state index in [-0.39, 0.29) is 0 Å². The van der Waals surface area contributed by atoms with E-state index in [1.54, 1.807) is 0 Å². The van der Waals surface area contributed by atoms with Crippen LogP contribution < -0.4 is 16.4 Å². The van der Waals surface area contributed by atoms with Gasteiger partial charge in [-0.25, -0.2) is 0 Å². The van der Waals surface area contributed by atoms with E-state index < -0.39 is 0 Å². The van der Waals surface area contributed by atoms with E-state index in [1.807, 2.05) is 40.7 Å². The molecule has 0 saturated heterocycles. The molecule has 2 aliphatic rings. The van der Waals surface area contributed by atoms with Crippen LogP contribution in [0.15, 0.2) is 48.4 Å². The molecule has 2 unspecified atom stereocenters. The van der Waals surface area contributed by atoms with E-state index >= 15 is 0 Å². The number of hydrogen-bond acceptors (Lipinski definition) is 3. The third kappa shape index (κ3) is 22.3. The lowest BCUT2D eigenvalue weighted by atomic mass is 9.86. The van der Waals surface area contributed by atoms with Crippen molar-refractivity contribution in [3.05, 3.63) is 48.4 Å². The van der Waals surface area contributed by atoms with E-state index in [9.17, 15) is 0 Å². The van der Waals surface area contributed by atoms with Crippen LogP contribution in [0, 0.1) is 11.8 Å². The summed E-state index contributed by atoms with van der Waals surface area (Å²) >= 11 is 0. The van der Waals surface area contributed by atoms with Crippen LogP contribution in [0.5, 0.6) is 0 Å². The molecule has 2 fully saturated rings. The first-order valence-electron chi connectivity index (χ1n) is 14.3. The molecule has 0 spiro atoms. The van der Waals surface area contributed by atoms with Gasteiger partial charge in [0.2, 0.25) is 0 Å². The molecule has 2 aliphatic carbocycles. The second-order valence-corrected chi connectivity index (χ2v) is 8.58. The van der Waals surface area contributed by atoms with Gasteiger partial charge in [0, 0.05) is 24.0 Å². The minimum absolute atomic E-state index is 0.671. The largest absolute Gasteiger partial charge is 0.389 e. The summed E-state index contributed by atoms with van der Waals surface area (Å²) in [6.07, 6.45) is 24.3. The first kappa shape index (κ1) is 37.1. The SMILES string of the molecule is C=C(CC1CCCCC1)NCC.CC.CC.CC=C(/C=C\C=C/C)NC1CCCC(C)C1.CN. The van der Waals surface area contributed by atoms with Gasteiger partial charge in [-0.2, -0.15) is 0 Å². The Balaban J connectivity index is -0.000000474. The van der Waals surface area contributed by atoms with Crippen molar-refractivity contribution < 1.29 is 0 Å². The fraction of sp³-hybridized carbons (Fsp3) is 0.742. The molecule has 0 aromatic carbocycles. The van der Waals surface area contributed by atoms with Crippen molar-refractivity contribution in [3.63, 3.8) is 0 Å². The highest BCUT2D eigenvalue weighted by Gasteiger charge is 2.18. The Bertz CT molecular complexity index is 499. The molecule has 202 valence electrons.